The Labute approximate surface area is 166 Å². The minimum Gasteiger partial charge on any atom is -0.497 e. The predicted molar refractivity (Wildman–Crippen MR) is 108 cm³/mol. The van der Waals surface area contributed by atoms with E-state index >= 15 is 0 Å². The van der Waals surface area contributed by atoms with Gasteiger partial charge in [-0.15, -0.1) is 5.10 Å². The Morgan fingerprint density at radius 3 is 2.34 bits per heavy atom. The molecule has 1 aliphatic heterocycles. The summed E-state index contributed by atoms with van der Waals surface area (Å²) in [6.07, 6.45) is 0. The van der Waals surface area contributed by atoms with Gasteiger partial charge in [-0.3, -0.25) is 19.0 Å². The third-order valence-electron chi connectivity index (χ3n) is 4.95. The van der Waals surface area contributed by atoms with Crippen molar-refractivity contribution in [2.45, 2.75) is 20.0 Å². The zero-order chi connectivity index (χ0) is 20.5. The molecule has 0 saturated carbocycles. The van der Waals surface area contributed by atoms with Crippen LogP contribution in [0, 0.1) is 6.92 Å². The monoisotopic (exact) mass is 392 g/mol. The van der Waals surface area contributed by atoms with Gasteiger partial charge in [0.2, 0.25) is 5.95 Å². The van der Waals surface area contributed by atoms with Crippen LogP contribution in [0.1, 0.15) is 15.9 Å². The number of nitrogens with zero attached hydrogens (tertiary/aromatic N) is 4. The van der Waals surface area contributed by atoms with Crippen molar-refractivity contribution in [2.24, 2.45) is 0 Å². The number of carbonyl (C=O) groups is 1. The molecule has 0 unspecified atom stereocenters. The Morgan fingerprint density at radius 2 is 1.69 bits per heavy atom. The Morgan fingerprint density at radius 1 is 1.00 bits per heavy atom. The number of benzene rings is 2. The molecule has 0 radical (unpaired) electrons. The van der Waals surface area contributed by atoms with Crippen LogP contribution >= 0.6 is 0 Å². The van der Waals surface area contributed by atoms with Gasteiger partial charge in [-0.05, 0) is 43.3 Å². The van der Waals surface area contributed by atoms with Crippen molar-refractivity contribution in [3.05, 3.63) is 80.4 Å². The summed E-state index contributed by atoms with van der Waals surface area (Å²) >= 11 is 0. The van der Waals surface area contributed by atoms with Crippen LogP contribution < -0.4 is 20.8 Å². The van der Waals surface area contributed by atoms with E-state index in [1.165, 1.54) is 11.7 Å². The molecule has 29 heavy (non-hydrogen) atoms. The molecule has 0 N–H and O–H groups in total. The average Bonchev–Trinajstić information content (AvgIpc) is 3.16. The number of aryl methyl sites for hydroxylation is 1. The molecule has 148 valence electrons. The molecule has 2 aromatic carbocycles. The molecular weight excluding hydrogens is 372 g/mol. The Hall–Kier alpha value is -3.68. The molecule has 8 nitrogen and oxygen atoms in total. The third kappa shape index (κ3) is 3.44. The second-order valence-electron chi connectivity index (χ2n) is 6.86. The quantitative estimate of drug-likeness (QED) is 0.486. The van der Waals surface area contributed by atoms with Crippen molar-refractivity contribution in [3.8, 4) is 5.75 Å². The van der Waals surface area contributed by atoms with Gasteiger partial charge in [0, 0.05) is 24.3 Å². The number of fused-ring (bicyclic) bond motifs is 1. The topological polar surface area (TPSA) is 86.4 Å². The zero-order valence-electron chi connectivity index (χ0n) is 16.2. The molecule has 0 fully saturated rings. The molecule has 3 aromatic rings. The number of ketones is 1. The molecule has 0 bridgehead atoms. The van der Waals surface area contributed by atoms with Gasteiger partial charge in [0.25, 0.3) is 0 Å². The van der Waals surface area contributed by atoms with E-state index < -0.39 is 11.1 Å². The van der Waals surface area contributed by atoms with E-state index in [9.17, 15) is 14.4 Å². The highest BCUT2D eigenvalue weighted by atomic mass is 16.5. The summed E-state index contributed by atoms with van der Waals surface area (Å²) < 4.78 is 7.39. The van der Waals surface area contributed by atoms with Crippen LogP contribution in [0.2, 0.25) is 0 Å². The largest absolute Gasteiger partial charge is 0.497 e. The molecule has 0 saturated heterocycles. The number of anilines is 2. The molecule has 2 heterocycles. The van der Waals surface area contributed by atoms with Crippen LogP contribution in [0.4, 0.5) is 11.6 Å². The summed E-state index contributed by atoms with van der Waals surface area (Å²) in [5.74, 6) is 0.675. The minimum atomic E-state index is -0.804. The lowest BCUT2D eigenvalue weighted by atomic mass is 10.1. The first kappa shape index (κ1) is 18.7. The van der Waals surface area contributed by atoms with Crippen LogP contribution in [0.15, 0.2) is 58.1 Å². The van der Waals surface area contributed by atoms with Crippen molar-refractivity contribution in [1.29, 1.82) is 0 Å². The third-order valence-corrected chi connectivity index (χ3v) is 4.95. The highest BCUT2D eigenvalue weighted by Crippen LogP contribution is 2.26. The molecule has 1 aromatic heterocycles. The van der Waals surface area contributed by atoms with Crippen LogP contribution in [-0.2, 0) is 13.1 Å². The summed E-state index contributed by atoms with van der Waals surface area (Å²) in [5.41, 5.74) is 0.929. The van der Waals surface area contributed by atoms with Crippen molar-refractivity contribution in [3.63, 3.8) is 0 Å². The fourth-order valence-corrected chi connectivity index (χ4v) is 3.31. The van der Waals surface area contributed by atoms with E-state index in [-0.39, 0.29) is 12.3 Å². The fourth-order valence-electron chi connectivity index (χ4n) is 3.31. The van der Waals surface area contributed by atoms with Crippen molar-refractivity contribution in [2.75, 3.05) is 18.6 Å². The van der Waals surface area contributed by atoms with Gasteiger partial charge < -0.3 is 9.64 Å². The van der Waals surface area contributed by atoms with Gasteiger partial charge in [-0.25, -0.2) is 4.68 Å². The number of methoxy groups -OCH3 is 1. The number of hydrogen-bond donors (Lipinski definition) is 0. The minimum absolute atomic E-state index is 0.310. The lowest BCUT2D eigenvalue weighted by molar-refractivity contribution is 0.0965. The van der Waals surface area contributed by atoms with Gasteiger partial charge in [0.05, 0.1) is 7.11 Å². The lowest BCUT2D eigenvalue weighted by Crippen LogP contribution is -2.43. The van der Waals surface area contributed by atoms with Crippen molar-refractivity contribution in [1.82, 2.24) is 14.3 Å². The smallest absolute Gasteiger partial charge is 0.333 e. The molecule has 0 aliphatic carbocycles. The maximum atomic E-state index is 12.6. The summed E-state index contributed by atoms with van der Waals surface area (Å²) in [6, 6.07) is 14.4. The number of carbonyl (C=O) groups excluding carboxylic acids is 1. The first-order chi connectivity index (χ1) is 14.0. The molecule has 0 amide bonds. The summed E-state index contributed by atoms with van der Waals surface area (Å²) in [7, 11) is 1.54. The van der Waals surface area contributed by atoms with Crippen molar-refractivity contribution < 1.29 is 9.53 Å². The lowest BCUT2D eigenvalue weighted by Gasteiger charge is -2.18. The van der Waals surface area contributed by atoms with E-state index in [0.717, 1.165) is 15.9 Å². The first-order valence-corrected chi connectivity index (χ1v) is 9.21. The van der Waals surface area contributed by atoms with Gasteiger partial charge >= 0.3 is 11.1 Å². The second-order valence-corrected chi connectivity index (χ2v) is 6.86. The molecule has 0 atom stereocenters. The number of rotatable bonds is 5. The summed E-state index contributed by atoms with van der Waals surface area (Å²) in [4.78, 5) is 39.5. The van der Waals surface area contributed by atoms with E-state index in [1.54, 1.807) is 24.3 Å². The molecule has 8 heteroatoms. The first-order valence-electron chi connectivity index (χ1n) is 9.21. The van der Waals surface area contributed by atoms with Gasteiger partial charge in [-0.2, -0.15) is 0 Å². The van der Waals surface area contributed by atoms with E-state index in [2.05, 4.69) is 5.10 Å². The summed E-state index contributed by atoms with van der Waals surface area (Å²) in [6.45, 7) is 2.58. The highest BCUT2D eigenvalue weighted by Gasteiger charge is 2.26. The zero-order valence-corrected chi connectivity index (χ0v) is 16.2. The predicted octanol–water partition coefficient (Wildman–Crippen LogP) is 1.76. The molecule has 4 rings (SSSR count). The number of hydrogen-bond acceptors (Lipinski definition) is 6. The van der Waals surface area contributed by atoms with E-state index in [4.69, 9.17) is 4.74 Å². The molecule has 1 aliphatic rings. The normalized spacial score (nSPS) is 12.7. The summed E-state index contributed by atoms with van der Waals surface area (Å²) in [5, 5.41) is 4.34. The fraction of sp³-hybridized carbons (Fsp3) is 0.238. The molecule has 0 spiro atoms. The van der Waals surface area contributed by atoms with Gasteiger partial charge in [0.1, 0.15) is 12.3 Å². The molecular formula is C21H20N4O4. The SMILES string of the molecule is COc1ccc(C(=O)Cn2nc3n(c(=O)c2=O)CCN3c2ccc(C)cc2)cc1. The number of Topliss-reactive ketones (excluding diaryl/α,β-unsaturated/α-hetero) is 1. The van der Waals surface area contributed by atoms with E-state index in [1.807, 2.05) is 36.1 Å². The van der Waals surface area contributed by atoms with Crippen LogP contribution in [0.25, 0.3) is 0 Å². The maximum Gasteiger partial charge on any atom is 0.333 e. The Kier molecular flexibility index (Phi) is 4.75. The van der Waals surface area contributed by atoms with Crippen molar-refractivity contribution >= 4 is 17.4 Å². The maximum absolute atomic E-state index is 12.6. The van der Waals surface area contributed by atoms with Crippen LogP contribution in [0.3, 0.4) is 0 Å². The Bertz CT molecular complexity index is 1180. The number of aromatic nitrogens is 3. The second kappa shape index (κ2) is 7.38. The van der Waals surface area contributed by atoms with Crippen LogP contribution in [-0.4, -0.2) is 33.8 Å². The van der Waals surface area contributed by atoms with Gasteiger partial charge in [-0.1, -0.05) is 17.7 Å². The standard InChI is InChI=1S/C21H20N4O4/c1-14-3-7-16(8-4-14)23-11-12-24-19(27)20(28)25(22-21(23)24)13-18(26)15-5-9-17(29-2)10-6-15/h3-10H,11-13H2,1-2H3. The van der Waals surface area contributed by atoms with E-state index in [0.29, 0.717) is 30.4 Å². The average molecular weight is 392 g/mol. The highest BCUT2D eigenvalue weighted by molar-refractivity contribution is 5.95. The van der Waals surface area contributed by atoms with Gasteiger partial charge in [0.15, 0.2) is 5.78 Å². The van der Waals surface area contributed by atoms with Crippen LogP contribution in [0.5, 0.6) is 5.75 Å². The Balaban J connectivity index is 1.68. The number of ether oxygens (including phenoxy) is 1.